The fourth-order valence-electron chi connectivity index (χ4n) is 1.33. The van der Waals surface area contributed by atoms with Crippen LogP contribution in [0.25, 0.3) is 0 Å². The van der Waals surface area contributed by atoms with Gasteiger partial charge in [-0.15, -0.1) is 0 Å². The number of rotatable bonds is 6. The Kier molecular flexibility index (Phi) is 5.42. The largest absolute Gasteiger partial charge is 0.469 e. The number of aromatic nitrogens is 2. The molecule has 5 nitrogen and oxygen atoms in total. The summed E-state index contributed by atoms with van der Waals surface area (Å²) in [6, 6.07) is 1.79. The molecule has 1 aromatic rings. The fraction of sp³-hybridized carbons (Fsp3) is 0.545. The van der Waals surface area contributed by atoms with Gasteiger partial charge >= 0.3 is 5.97 Å². The Balaban J connectivity index is 2.21. The first kappa shape index (κ1) is 12.6. The average molecular weight is 223 g/mol. The van der Waals surface area contributed by atoms with Crippen LogP contribution < -0.4 is 0 Å². The Labute approximate surface area is 95.5 Å². The van der Waals surface area contributed by atoms with Crippen molar-refractivity contribution in [2.45, 2.75) is 19.4 Å². The minimum atomic E-state index is -0.163. The van der Waals surface area contributed by atoms with Gasteiger partial charge in [-0.05, 0) is 26.1 Å². The minimum Gasteiger partial charge on any atom is -0.469 e. The van der Waals surface area contributed by atoms with Gasteiger partial charge in [-0.1, -0.05) is 0 Å². The predicted octanol–water partition coefficient (Wildman–Crippen LogP) is 0.862. The van der Waals surface area contributed by atoms with Crippen LogP contribution in [0.2, 0.25) is 0 Å². The molecule has 0 amide bonds. The lowest BCUT2D eigenvalue weighted by Gasteiger charge is -2.14. The Morgan fingerprint density at radius 1 is 1.44 bits per heavy atom. The number of esters is 1. The van der Waals surface area contributed by atoms with Crippen LogP contribution in [-0.4, -0.2) is 41.5 Å². The molecule has 0 aromatic carbocycles. The van der Waals surface area contributed by atoms with E-state index in [1.54, 1.807) is 18.5 Å². The molecule has 0 unspecified atom stereocenters. The zero-order valence-electron chi connectivity index (χ0n) is 9.72. The molecule has 0 spiro atoms. The third kappa shape index (κ3) is 4.84. The number of carbonyl (C=O) groups excluding carboxylic acids is 1. The summed E-state index contributed by atoms with van der Waals surface area (Å²) < 4.78 is 4.57. The van der Waals surface area contributed by atoms with Crippen LogP contribution >= 0.6 is 0 Å². The highest BCUT2D eigenvalue weighted by molar-refractivity contribution is 5.69. The third-order valence-electron chi connectivity index (χ3n) is 2.18. The standard InChI is InChI=1S/C11H17N3O2/c1-14(8-3-5-11(15)16-2)9-10-12-6-4-7-13-10/h4,6-7H,3,5,8-9H2,1-2H3. The normalized spacial score (nSPS) is 10.4. The molecule has 1 aromatic heterocycles. The number of hydrogen-bond donors (Lipinski definition) is 0. The zero-order valence-corrected chi connectivity index (χ0v) is 9.72. The molecule has 0 aliphatic rings. The SMILES string of the molecule is COC(=O)CCCN(C)Cc1ncccn1. The number of ether oxygens (including phenoxy) is 1. The van der Waals surface area contributed by atoms with E-state index in [0.29, 0.717) is 13.0 Å². The molecule has 0 radical (unpaired) electrons. The average Bonchev–Trinajstić information content (AvgIpc) is 2.30. The van der Waals surface area contributed by atoms with Crippen LogP contribution in [0.3, 0.4) is 0 Å². The van der Waals surface area contributed by atoms with Crippen molar-refractivity contribution in [3.63, 3.8) is 0 Å². The second kappa shape index (κ2) is 6.90. The summed E-state index contributed by atoms with van der Waals surface area (Å²) in [5, 5.41) is 0. The summed E-state index contributed by atoms with van der Waals surface area (Å²) in [4.78, 5) is 21.2. The van der Waals surface area contributed by atoms with Gasteiger partial charge in [0.1, 0.15) is 5.82 Å². The first-order chi connectivity index (χ1) is 7.72. The maximum Gasteiger partial charge on any atom is 0.305 e. The van der Waals surface area contributed by atoms with Crippen LogP contribution in [0.4, 0.5) is 0 Å². The molecular formula is C11H17N3O2. The highest BCUT2D eigenvalue weighted by Gasteiger charge is 2.04. The van der Waals surface area contributed by atoms with Crippen LogP contribution in [0.15, 0.2) is 18.5 Å². The Morgan fingerprint density at radius 3 is 2.75 bits per heavy atom. The Bertz CT molecular complexity index is 316. The molecule has 0 aliphatic heterocycles. The van der Waals surface area contributed by atoms with Gasteiger partial charge in [-0.2, -0.15) is 0 Å². The van der Waals surface area contributed by atoms with E-state index in [4.69, 9.17) is 0 Å². The van der Waals surface area contributed by atoms with Crippen molar-refractivity contribution >= 4 is 5.97 Å². The summed E-state index contributed by atoms with van der Waals surface area (Å²) in [7, 11) is 3.39. The topological polar surface area (TPSA) is 55.3 Å². The van der Waals surface area contributed by atoms with E-state index >= 15 is 0 Å². The molecule has 0 saturated heterocycles. The van der Waals surface area contributed by atoms with E-state index in [0.717, 1.165) is 18.8 Å². The number of methoxy groups -OCH3 is 1. The zero-order chi connectivity index (χ0) is 11.8. The van der Waals surface area contributed by atoms with Gasteiger partial charge in [0.25, 0.3) is 0 Å². The molecule has 0 N–H and O–H groups in total. The Hall–Kier alpha value is -1.49. The van der Waals surface area contributed by atoms with Gasteiger partial charge in [0.15, 0.2) is 0 Å². The van der Waals surface area contributed by atoms with E-state index in [-0.39, 0.29) is 5.97 Å². The molecule has 0 atom stereocenters. The molecule has 0 fully saturated rings. The van der Waals surface area contributed by atoms with Crippen LogP contribution in [0.1, 0.15) is 18.7 Å². The van der Waals surface area contributed by atoms with Crippen molar-refractivity contribution in [1.82, 2.24) is 14.9 Å². The van der Waals surface area contributed by atoms with Crippen molar-refractivity contribution in [3.05, 3.63) is 24.3 Å². The van der Waals surface area contributed by atoms with E-state index < -0.39 is 0 Å². The molecule has 88 valence electrons. The van der Waals surface area contributed by atoms with Crippen molar-refractivity contribution < 1.29 is 9.53 Å². The van der Waals surface area contributed by atoms with E-state index in [1.165, 1.54) is 7.11 Å². The monoisotopic (exact) mass is 223 g/mol. The molecule has 0 bridgehead atoms. The highest BCUT2D eigenvalue weighted by atomic mass is 16.5. The smallest absolute Gasteiger partial charge is 0.305 e. The summed E-state index contributed by atoms with van der Waals surface area (Å²) in [6.07, 6.45) is 4.70. The van der Waals surface area contributed by atoms with Crippen molar-refractivity contribution in [1.29, 1.82) is 0 Å². The first-order valence-corrected chi connectivity index (χ1v) is 5.23. The second-order valence-electron chi connectivity index (χ2n) is 3.58. The molecular weight excluding hydrogens is 206 g/mol. The quantitative estimate of drug-likeness (QED) is 0.669. The van der Waals surface area contributed by atoms with Crippen LogP contribution in [0.5, 0.6) is 0 Å². The molecule has 1 rings (SSSR count). The Morgan fingerprint density at radius 2 is 2.12 bits per heavy atom. The summed E-state index contributed by atoms with van der Waals surface area (Å²) in [5.41, 5.74) is 0. The van der Waals surface area contributed by atoms with Gasteiger partial charge in [-0.25, -0.2) is 9.97 Å². The molecule has 5 heteroatoms. The van der Waals surface area contributed by atoms with Crippen molar-refractivity contribution in [3.8, 4) is 0 Å². The molecule has 1 heterocycles. The summed E-state index contributed by atoms with van der Waals surface area (Å²) >= 11 is 0. The van der Waals surface area contributed by atoms with E-state index in [9.17, 15) is 4.79 Å². The lowest BCUT2D eigenvalue weighted by molar-refractivity contribution is -0.140. The van der Waals surface area contributed by atoms with Crippen molar-refractivity contribution in [2.24, 2.45) is 0 Å². The van der Waals surface area contributed by atoms with Crippen molar-refractivity contribution in [2.75, 3.05) is 20.7 Å². The fourth-order valence-corrected chi connectivity index (χ4v) is 1.33. The number of carbonyl (C=O) groups is 1. The summed E-state index contributed by atoms with van der Waals surface area (Å²) in [5.74, 6) is 0.632. The van der Waals surface area contributed by atoms with Gasteiger partial charge in [0.05, 0.1) is 13.7 Å². The van der Waals surface area contributed by atoms with Gasteiger partial charge < -0.3 is 4.74 Å². The minimum absolute atomic E-state index is 0.163. The lowest BCUT2D eigenvalue weighted by atomic mass is 10.3. The lowest BCUT2D eigenvalue weighted by Crippen LogP contribution is -2.21. The number of hydrogen-bond acceptors (Lipinski definition) is 5. The highest BCUT2D eigenvalue weighted by Crippen LogP contribution is 1.99. The molecule has 0 aliphatic carbocycles. The maximum atomic E-state index is 10.9. The van der Waals surface area contributed by atoms with Crippen LogP contribution in [-0.2, 0) is 16.1 Å². The molecule has 0 saturated carbocycles. The van der Waals surface area contributed by atoms with Gasteiger partial charge in [-0.3, -0.25) is 9.69 Å². The van der Waals surface area contributed by atoms with Crippen LogP contribution in [0, 0.1) is 0 Å². The number of nitrogens with zero attached hydrogens (tertiary/aromatic N) is 3. The predicted molar refractivity (Wildman–Crippen MR) is 59.6 cm³/mol. The maximum absolute atomic E-state index is 10.9. The molecule has 16 heavy (non-hydrogen) atoms. The van der Waals surface area contributed by atoms with Gasteiger partial charge in [0, 0.05) is 18.8 Å². The first-order valence-electron chi connectivity index (χ1n) is 5.23. The van der Waals surface area contributed by atoms with E-state index in [1.807, 2.05) is 7.05 Å². The van der Waals surface area contributed by atoms with Gasteiger partial charge in [0.2, 0.25) is 0 Å². The van der Waals surface area contributed by atoms with E-state index in [2.05, 4.69) is 19.6 Å². The third-order valence-corrected chi connectivity index (χ3v) is 2.18. The summed E-state index contributed by atoms with van der Waals surface area (Å²) in [6.45, 7) is 1.52. The second-order valence-corrected chi connectivity index (χ2v) is 3.58.